The first-order valence-corrected chi connectivity index (χ1v) is 8.61. The van der Waals surface area contributed by atoms with Crippen LogP contribution < -0.4 is 5.73 Å². The van der Waals surface area contributed by atoms with E-state index in [9.17, 15) is 0 Å². The van der Waals surface area contributed by atoms with Crippen molar-refractivity contribution in [2.24, 2.45) is 0 Å². The molecule has 2 heterocycles. The van der Waals surface area contributed by atoms with E-state index in [-0.39, 0.29) is 0 Å². The number of nitrogen functional groups attached to an aromatic ring is 1. The Morgan fingerprint density at radius 3 is 2.52 bits per heavy atom. The van der Waals surface area contributed by atoms with Gasteiger partial charge in [0.15, 0.2) is 0 Å². The van der Waals surface area contributed by atoms with Crippen molar-refractivity contribution in [3.63, 3.8) is 0 Å². The molecule has 4 rings (SSSR count). The maximum atomic E-state index is 6.39. The van der Waals surface area contributed by atoms with Crippen LogP contribution in [0.2, 0.25) is 0 Å². The molecule has 0 spiro atoms. The molecule has 0 radical (unpaired) electrons. The largest absolute Gasteiger partial charge is 0.383 e. The van der Waals surface area contributed by atoms with Crippen LogP contribution in [0.15, 0.2) is 54.9 Å². The van der Waals surface area contributed by atoms with E-state index >= 15 is 0 Å². The predicted octanol–water partition coefficient (Wildman–Crippen LogP) is 3.90. The van der Waals surface area contributed by atoms with Crippen molar-refractivity contribution in [2.45, 2.75) is 32.1 Å². The van der Waals surface area contributed by atoms with Crippen molar-refractivity contribution < 1.29 is 0 Å². The molecule has 3 aromatic rings. The molecule has 0 amide bonds. The molecular formula is C20H21N5. The van der Waals surface area contributed by atoms with Gasteiger partial charge in [-0.3, -0.25) is 0 Å². The maximum absolute atomic E-state index is 6.39. The summed E-state index contributed by atoms with van der Waals surface area (Å²) in [6.45, 7) is 2.00. The summed E-state index contributed by atoms with van der Waals surface area (Å²) in [6.07, 6.45) is 8.88. The van der Waals surface area contributed by atoms with Crippen LogP contribution in [0, 0.1) is 6.92 Å². The van der Waals surface area contributed by atoms with E-state index in [2.05, 4.69) is 51.5 Å². The second-order valence-electron chi connectivity index (χ2n) is 6.42. The molecule has 1 aliphatic carbocycles. The number of benzene rings is 1. The fourth-order valence-corrected chi connectivity index (χ4v) is 3.58. The molecule has 1 aromatic carbocycles. The summed E-state index contributed by atoms with van der Waals surface area (Å²) in [5.74, 6) is 1.71. The lowest BCUT2D eigenvalue weighted by Gasteiger charge is -2.22. The summed E-state index contributed by atoms with van der Waals surface area (Å²) in [5, 5.41) is 4.56. The molecule has 0 fully saturated rings. The number of allylic oxidation sites excluding steroid dienone is 2. The predicted molar refractivity (Wildman–Crippen MR) is 99.3 cm³/mol. The van der Waals surface area contributed by atoms with Gasteiger partial charge in [-0.25, -0.2) is 9.97 Å². The molecule has 1 aliphatic rings. The molecule has 2 aromatic heterocycles. The van der Waals surface area contributed by atoms with Gasteiger partial charge in [-0.05, 0) is 49.3 Å². The second kappa shape index (κ2) is 6.51. The van der Waals surface area contributed by atoms with Gasteiger partial charge < -0.3 is 5.73 Å². The van der Waals surface area contributed by atoms with Crippen molar-refractivity contribution in [3.8, 4) is 5.95 Å². The zero-order valence-electron chi connectivity index (χ0n) is 14.3. The van der Waals surface area contributed by atoms with Gasteiger partial charge in [-0.1, -0.05) is 36.4 Å². The van der Waals surface area contributed by atoms with Crippen molar-refractivity contribution in [3.05, 3.63) is 71.7 Å². The molecule has 126 valence electrons. The van der Waals surface area contributed by atoms with Crippen molar-refractivity contribution >= 4 is 11.4 Å². The molecule has 2 N–H and O–H groups in total. The van der Waals surface area contributed by atoms with Gasteiger partial charge in [0.25, 0.3) is 5.95 Å². The smallest absolute Gasteiger partial charge is 0.252 e. The Morgan fingerprint density at radius 2 is 1.84 bits per heavy atom. The summed E-state index contributed by atoms with van der Waals surface area (Å²) in [6, 6.07) is 12.5. The number of hydrogen-bond acceptors (Lipinski definition) is 4. The minimum absolute atomic E-state index is 0.507. The van der Waals surface area contributed by atoms with Crippen LogP contribution in [0.3, 0.4) is 0 Å². The number of rotatable bonds is 3. The molecule has 5 nitrogen and oxygen atoms in total. The highest BCUT2D eigenvalue weighted by atomic mass is 15.4. The second-order valence-corrected chi connectivity index (χ2v) is 6.42. The summed E-state index contributed by atoms with van der Waals surface area (Å²) in [5.41, 5.74) is 11.1. The van der Waals surface area contributed by atoms with Crippen LogP contribution in [0.25, 0.3) is 11.5 Å². The van der Waals surface area contributed by atoms with Gasteiger partial charge >= 0.3 is 0 Å². The van der Waals surface area contributed by atoms with Crippen LogP contribution in [0.4, 0.5) is 5.82 Å². The Kier molecular flexibility index (Phi) is 4.06. The summed E-state index contributed by atoms with van der Waals surface area (Å²) in [4.78, 5) is 8.50. The van der Waals surface area contributed by atoms with E-state index < -0.39 is 0 Å². The first kappa shape index (κ1) is 15.6. The molecule has 0 aliphatic heterocycles. The van der Waals surface area contributed by atoms with Crippen LogP contribution in [0.1, 0.15) is 42.0 Å². The molecule has 5 heteroatoms. The fourth-order valence-electron chi connectivity index (χ4n) is 3.58. The van der Waals surface area contributed by atoms with Gasteiger partial charge in [-0.15, -0.1) is 0 Å². The van der Waals surface area contributed by atoms with Gasteiger partial charge in [-0.2, -0.15) is 9.78 Å². The quantitative estimate of drug-likeness (QED) is 0.790. The third kappa shape index (κ3) is 2.93. The average Bonchev–Trinajstić information content (AvgIpc) is 2.98. The minimum atomic E-state index is 0.507. The average molecular weight is 331 g/mol. The first-order chi connectivity index (χ1) is 12.2. The molecule has 25 heavy (non-hydrogen) atoms. The van der Waals surface area contributed by atoms with Gasteiger partial charge in [0.1, 0.15) is 5.82 Å². The molecular weight excluding hydrogens is 310 g/mol. The molecule has 0 saturated carbocycles. The molecule has 1 atom stereocenters. The van der Waals surface area contributed by atoms with Gasteiger partial charge in [0, 0.05) is 18.0 Å². The maximum Gasteiger partial charge on any atom is 0.252 e. The lowest BCUT2D eigenvalue weighted by molar-refractivity contribution is 0.625. The number of aromatic nitrogens is 4. The highest BCUT2D eigenvalue weighted by molar-refractivity contribution is 5.76. The van der Waals surface area contributed by atoms with E-state index in [1.54, 1.807) is 23.1 Å². The van der Waals surface area contributed by atoms with E-state index in [1.807, 2.05) is 6.92 Å². The summed E-state index contributed by atoms with van der Waals surface area (Å²) < 4.78 is 1.63. The standard InChI is InChI=1S/C20H21N5/c1-14-18(19(21)25(24-14)20-22-12-5-13-23-20)17-10-8-16(9-11-17)15-6-3-2-4-7-15/h2-7,10,12-13,16H,8-9,11,21H2,1H3. The monoisotopic (exact) mass is 331 g/mol. The van der Waals surface area contributed by atoms with Crippen LogP contribution in [-0.2, 0) is 0 Å². The third-order valence-corrected chi connectivity index (χ3v) is 4.84. The van der Waals surface area contributed by atoms with Gasteiger partial charge in [0.05, 0.1) is 5.69 Å². The van der Waals surface area contributed by atoms with Crippen molar-refractivity contribution in [1.29, 1.82) is 0 Å². The number of hydrogen-bond donors (Lipinski definition) is 1. The summed E-state index contributed by atoms with van der Waals surface area (Å²) >= 11 is 0. The number of nitrogens with two attached hydrogens (primary N) is 1. The van der Waals surface area contributed by atoms with Crippen LogP contribution in [0.5, 0.6) is 0 Å². The Morgan fingerprint density at radius 1 is 1.08 bits per heavy atom. The summed E-state index contributed by atoms with van der Waals surface area (Å²) in [7, 11) is 0. The minimum Gasteiger partial charge on any atom is -0.383 e. The van der Waals surface area contributed by atoms with E-state index in [0.717, 1.165) is 30.5 Å². The number of aryl methyl sites for hydroxylation is 1. The van der Waals surface area contributed by atoms with Crippen molar-refractivity contribution in [1.82, 2.24) is 19.7 Å². The SMILES string of the molecule is Cc1nn(-c2ncccn2)c(N)c1C1=CCC(c2ccccc2)CC1. The Bertz CT molecular complexity index is 897. The van der Waals surface area contributed by atoms with Crippen LogP contribution in [-0.4, -0.2) is 19.7 Å². The molecule has 1 unspecified atom stereocenters. The Hall–Kier alpha value is -2.95. The number of nitrogens with zero attached hydrogens (tertiary/aromatic N) is 4. The zero-order chi connectivity index (χ0) is 17.2. The first-order valence-electron chi connectivity index (χ1n) is 8.61. The highest BCUT2D eigenvalue weighted by Crippen LogP contribution is 2.38. The topological polar surface area (TPSA) is 69.6 Å². The lowest BCUT2D eigenvalue weighted by atomic mass is 9.82. The van der Waals surface area contributed by atoms with E-state index in [1.165, 1.54) is 11.1 Å². The zero-order valence-corrected chi connectivity index (χ0v) is 14.3. The Balaban J connectivity index is 1.63. The Labute approximate surface area is 147 Å². The molecule has 0 bridgehead atoms. The lowest BCUT2D eigenvalue weighted by Crippen LogP contribution is -2.08. The third-order valence-electron chi connectivity index (χ3n) is 4.84. The van der Waals surface area contributed by atoms with Gasteiger partial charge in [0.2, 0.25) is 0 Å². The van der Waals surface area contributed by atoms with E-state index in [4.69, 9.17) is 5.73 Å². The fraction of sp³-hybridized carbons (Fsp3) is 0.250. The van der Waals surface area contributed by atoms with Crippen LogP contribution >= 0.6 is 0 Å². The highest BCUT2D eigenvalue weighted by Gasteiger charge is 2.23. The number of anilines is 1. The molecule has 0 saturated heterocycles. The van der Waals surface area contributed by atoms with Crippen molar-refractivity contribution in [2.75, 3.05) is 5.73 Å². The normalized spacial score (nSPS) is 17.3. The van der Waals surface area contributed by atoms with E-state index in [0.29, 0.717) is 17.7 Å².